The second-order valence-corrected chi connectivity index (χ2v) is 4.81. The Bertz CT molecular complexity index is 693. The zero-order chi connectivity index (χ0) is 14.5. The molecule has 0 fully saturated rings. The van der Waals surface area contributed by atoms with Gasteiger partial charge >= 0.3 is 0 Å². The maximum absolute atomic E-state index is 11.8. The van der Waals surface area contributed by atoms with Crippen LogP contribution in [0.3, 0.4) is 0 Å². The van der Waals surface area contributed by atoms with Crippen molar-refractivity contribution >= 4 is 22.8 Å². The Morgan fingerprint density at radius 1 is 1.55 bits per heavy atom. The maximum atomic E-state index is 11.8. The van der Waals surface area contributed by atoms with Gasteiger partial charge in [-0.2, -0.15) is 5.26 Å². The van der Waals surface area contributed by atoms with Crippen molar-refractivity contribution < 1.29 is 9.21 Å². The second-order valence-electron chi connectivity index (χ2n) is 3.95. The molecule has 2 aromatic heterocycles. The highest BCUT2D eigenvalue weighted by Crippen LogP contribution is 2.17. The van der Waals surface area contributed by atoms with Crippen LogP contribution >= 0.6 is 11.3 Å². The number of furan rings is 1. The Hall–Kier alpha value is -2.59. The molecular formula is C13H12N4O2S. The van der Waals surface area contributed by atoms with Gasteiger partial charge in [-0.05, 0) is 19.9 Å². The first-order valence-corrected chi connectivity index (χ1v) is 6.62. The summed E-state index contributed by atoms with van der Waals surface area (Å²) < 4.78 is 5.04. The van der Waals surface area contributed by atoms with Gasteiger partial charge < -0.3 is 9.84 Å². The fourth-order valence-electron chi connectivity index (χ4n) is 1.48. The fourth-order valence-corrected chi connectivity index (χ4v) is 2.24. The molecule has 2 N–H and O–H groups in total. The van der Waals surface area contributed by atoms with Crippen LogP contribution in [0.1, 0.15) is 26.8 Å². The smallest absolute Gasteiger partial charge is 0.273 e. The van der Waals surface area contributed by atoms with Crippen molar-refractivity contribution in [2.24, 2.45) is 0 Å². The van der Waals surface area contributed by atoms with Crippen LogP contribution in [0.4, 0.5) is 0 Å². The molecule has 0 aliphatic rings. The monoisotopic (exact) mass is 288 g/mol. The third-order valence-electron chi connectivity index (χ3n) is 2.48. The third kappa shape index (κ3) is 3.05. The lowest BCUT2D eigenvalue weighted by Gasteiger charge is -2.03. The first-order valence-electron chi connectivity index (χ1n) is 5.74. The predicted octanol–water partition coefficient (Wildman–Crippen LogP) is 2.15. The Morgan fingerprint density at radius 3 is 2.90 bits per heavy atom. The lowest BCUT2D eigenvalue weighted by atomic mass is 10.2. The van der Waals surface area contributed by atoms with E-state index in [9.17, 15) is 4.79 Å². The third-order valence-corrected chi connectivity index (χ3v) is 3.47. The van der Waals surface area contributed by atoms with Gasteiger partial charge in [-0.25, -0.2) is 4.98 Å². The summed E-state index contributed by atoms with van der Waals surface area (Å²) in [6.07, 6.45) is 2.85. The number of nitrogens with zero attached hydrogens (tertiary/aromatic N) is 2. The Morgan fingerprint density at radius 2 is 2.35 bits per heavy atom. The molecule has 2 aromatic rings. The number of carbonyl (C=O) groups excluding carboxylic acids is 1. The zero-order valence-electron chi connectivity index (χ0n) is 10.9. The van der Waals surface area contributed by atoms with Crippen molar-refractivity contribution in [2.45, 2.75) is 13.8 Å². The van der Waals surface area contributed by atoms with Crippen LogP contribution in [0.25, 0.3) is 5.57 Å². The summed E-state index contributed by atoms with van der Waals surface area (Å²) in [5.41, 5.74) is 6.71. The number of aryl methyl sites for hydroxylation is 2. The Labute approximate surface area is 119 Å². The van der Waals surface area contributed by atoms with E-state index in [1.807, 2.05) is 18.4 Å². The molecule has 0 saturated carbocycles. The van der Waals surface area contributed by atoms with Crippen molar-refractivity contribution in [1.29, 1.82) is 5.26 Å². The number of aromatic nitrogens is 1. The highest BCUT2D eigenvalue weighted by atomic mass is 32.1. The molecule has 1 amide bonds. The van der Waals surface area contributed by atoms with E-state index in [1.54, 1.807) is 13.0 Å². The Balaban J connectivity index is 2.00. The number of carbonyl (C=O) groups is 1. The summed E-state index contributed by atoms with van der Waals surface area (Å²) in [7, 11) is 0. The van der Waals surface area contributed by atoms with Gasteiger partial charge in [0.15, 0.2) is 0 Å². The van der Waals surface area contributed by atoms with Gasteiger partial charge in [0.2, 0.25) is 0 Å². The summed E-state index contributed by atoms with van der Waals surface area (Å²) in [5, 5.41) is 11.5. The second kappa shape index (κ2) is 6.04. The van der Waals surface area contributed by atoms with Crippen molar-refractivity contribution in [1.82, 2.24) is 15.8 Å². The normalized spacial score (nSPS) is 10.9. The van der Waals surface area contributed by atoms with Crippen LogP contribution in [0.15, 0.2) is 28.3 Å². The number of thiazole rings is 1. The molecule has 0 radical (unpaired) electrons. The molecule has 6 nitrogen and oxygen atoms in total. The molecule has 0 aliphatic heterocycles. The number of hydrogen-bond acceptors (Lipinski definition) is 6. The molecular weight excluding hydrogens is 276 g/mol. The van der Waals surface area contributed by atoms with Gasteiger partial charge in [0.1, 0.15) is 22.4 Å². The van der Waals surface area contributed by atoms with E-state index in [1.165, 1.54) is 23.8 Å². The molecule has 0 aliphatic carbocycles. The van der Waals surface area contributed by atoms with E-state index in [4.69, 9.17) is 9.68 Å². The summed E-state index contributed by atoms with van der Waals surface area (Å²) in [6.45, 7) is 3.55. The molecule has 0 saturated heterocycles. The standard InChI is InChI=1S/C13H12N4O2S/c1-8-7-20-13(16-8)10(5-14)6-15-17-12(18)11-3-4-19-9(11)2/h3-4,6-7,15H,1-2H3,(H,17,18)/b10-6+. The molecule has 0 unspecified atom stereocenters. The van der Waals surface area contributed by atoms with Crippen molar-refractivity contribution in [2.75, 3.05) is 0 Å². The summed E-state index contributed by atoms with van der Waals surface area (Å²) in [4.78, 5) is 16.0. The summed E-state index contributed by atoms with van der Waals surface area (Å²) >= 11 is 1.37. The Kier molecular flexibility index (Phi) is 4.17. The predicted molar refractivity (Wildman–Crippen MR) is 74.5 cm³/mol. The molecule has 0 aromatic carbocycles. The molecule has 102 valence electrons. The van der Waals surface area contributed by atoms with E-state index in [-0.39, 0.29) is 5.91 Å². The van der Waals surface area contributed by atoms with Crippen LogP contribution < -0.4 is 10.9 Å². The van der Waals surface area contributed by atoms with Gasteiger partial charge in [-0.1, -0.05) is 0 Å². The summed E-state index contributed by atoms with van der Waals surface area (Å²) in [6, 6.07) is 3.60. The lowest BCUT2D eigenvalue weighted by molar-refractivity contribution is 0.0939. The fraction of sp³-hybridized carbons (Fsp3) is 0.154. The highest BCUT2D eigenvalue weighted by Gasteiger charge is 2.10. The van der Waals surface area contributed by atoms with E-state index in [2.05, 4.69) is 15.8 Å². The SMILES string of the molecule is Cc1csc(/C(C#N)=C/NNC(=O)c2ccoc2C)n1. The van der Waals surface area contributed by atoms with Gasteiger partial charge in [0, 0.05) is 17.3 Å². The molecule has 2 rings (SSSR count). The number of nitriles is 1. The lowest BCUT2D eigenvalue weighted by Crippen LogP contribution is -2.33. The average Bonchev–Trinajstić information content (AvgIpc) is 3.03. The molecule has 7 heteroatoms. The minimum atomic E-state index is -0.333. The van der Waals surface area contributed by atoms with Crippen LogP contribution in [-0.4, -0.2) is 10.9 Å². The van der Waals surface area contributed by atoms with E-state index in [0.29, 0.717) is 21.9 Å². The molecule has 0 bridgehead atoms. The molecule has 20 heavy (non-hydrogen) atoms. The number of hydrogen-bond donors (Lipinski definition) is 2. The number of hydrazine groups is 1. The van der Waals surface area contributed by atoms with Gasteiger partial charge in [0.05, 0.1) is 11.8 Å². The van der Waals surface area contributed by atoms with Crippen molar-refractivity contribution in [3.8, 4) is 6.07 Å². The van der Waals surface area contributed by atoms with Gasteiger partial charge in [0.25, 0.3) is 5.91 Å². The number of rotatable bonds is 4. The van der Waals surface area contributed by atoms with Crippen LogP contribution in [0.2, 0.25) is 0 Å². The first-order chi connectivity index (χ1) is 9.61. The molecule has 0 atom stereocenters. The van der Waals surface area contributed by atoms with Gasteiger partial charge in [-0.15, -0.1) is 11.3 Å². The number of amides is 1. The largest absolute Gasteiger partial charge is 0.469 e. The van der Waals surface area contributed by atoms with E-state index < -0.39 is 0 Å². The average molecular weight is 288 g/mol. The van der Waals surface area contributed by atoms with Crippen LogP contribution in [-0.2, 0) is 0 Å². The number of nitrogens with one attached hydrogen (secondary N) is 2. The topological polar surface area (TPSA) is 91.0 Å². The van der Waals surface area contributed by atoms with Crippen molar-refractivity contribution in [3.05, 3.63) is 45.9 Å². The minimum Gasteiger partial charge on any atom is -0.469 e. The number of allylic oxidation sites excluding steroid dienone is 1. The van der Waals surface area contributed by atoms with Crippen molar-refractivity contribution in [3.63, 3.8) is 0 Å². The maximum Gasteiger partial charge on any atom is 0.273 e. The minimum absolute atomic E-state index is 0.333. The molecule has 0 spiro atoms. The van der Waals surface area contributed by atoms with E-state index >= 15 is 0 Å². The summed E-state index contributed by atoms with van der Waals surface area (Å²) in [5.74, 6) is 0.199. The van der Waals surface area contributed by atoms with E-state index in [0.717, 1.165) is 5.69 Å². The van der Waals surface area contributed by atoms with Crippen LogP contribution in [0.5, 0.6) is 0 Å². The first kappa shape index (κ1) is 13.8. The quantitative estimate of drug-likeness (QED) is 0.664. The zero-order valence-corrected chi connectivity index (χ0v) is 11.7. The molecule has 2 heterocycles. The van der Waals surface area contributed by atoms with Gasteiger partial charge in [-0.3, -0.25) is 10.2 Å². The highest BCUT2D eigenvalue weighted by molar-refractivity contribution is 7.10. The van der Waals surface area contributed by atoms with Crippen LogP contribution in [0, 0.1) is 25.2 Å².